The highest BCUT2D eigenvalue weighted by Gasteiger charge is 2.25. The Balaban J connectivity index is 1.74. The van der Waals surface area contributed by atoms with E-state index < -0.39 is 6.10 Å². The van der Waals surface area contributed by atoms with E-state index in [-0.39, 0.29) is 0 Å². The Hall–Kier alpha value is -1.48. The second-order valence-electron chi connectivity index (χ2n) is 7.04. The van der Waals surface area contributed by atoms with Crippen molar-refractivity contribution in [1.82, 2.24) is 0 Å². The SMILES string of the molecule is CCCCCCCCCCCC1=Cc2cc(OC)c(OC)cc2C1O. The molecule has 25 heavy (non-hydrogen) atoms. The summed E-state index contributed by atoms with van der Waals surface area (Å²) in [6.45, 7) is 2.26. The molecule has 0 heterocycles. The van der Waals surface area contributed by atoms with Gasteiger partial charge in [-0.25, -0.2) is 0 Å². The number of unbranched alkanes of at least 4 members (excludes halogenated alkanes) is 8. The topological polar surface area (TPSA) is 38.7 Å². The molecule has 1 N–H and O–H groups in total. The first kappa shape index (κ1) is 19.8. The first-order chi connectivity index (χ1) is 12.2. The molecule has 0 radical (unpaired) electrons. The standard InChI is InChI=1S/C22H34O3/c1-4-5-6-7-8-9-10-11-12-13-17-14-18-15-20(24-2)21(25-3)16-19(18)22(17)23/h14-16,22-23H,4-13H2,1-3H3. The van der Waals surface area contributed by atoms with Crippen LogP contribution < -0.4 is 9.47 Å². The number of methoxy groups -OCH3 is 2. The smallest absolute Gasteiger partial charge is 0.161 e. The lowest BCUT2D eigenvalue weighted by molar-refractivity contribution is 0.214. The van der Waals surface area contributed by atoms with Gasteiger partial charge >= 0.3 is 0 Å². The molecule has 0 spiro atoms. The van der Waals surface area contributed by atoms with Crippen LogP contribution in [0.25, 0.3) is 6.08 Å². The van der Waals surface area contributed by atoms with Gasteiger partial charge in [0.2, 0.25) is 0 Å². The summed E-state index contributed by atoms with van der Waals surface area (Å²) in [6.07, 6.45) is 14.5. The minimum atomic E-state index is -0.496. The van der Waals surface area contributed by atoms with Crippen molar-refractivity contribution < 1.29 is 14.6 Å². The quantitative estimate of drug-likeness (QED) is 0.468. The van der Waals surface area contributed by atoms with Crippen molar-refractivity contribution in [3.63, 3.8) is 0 Å². The van der Waals surface area contributed by atoms with Crippen molar-refractivity contribution in [2.24, 2.45) is 0 Å². The summed E-state index contributed by atoms with van der Waals surface area (Å²) in [7, 11) is 3.27. The summed E-state index contributed by atoms with van der Waals surface area (Å²) >= 11 is 0. The first-order valence-corrected chi connectivity index (χ1v) is 9.85. The Bertz CT molecular complexity index is 563. The van der Waals surface area contributed by atoms with Gasteiger partial charge < -0.3 is 14.6 Å². The van der Waals surface area contributed by atoms with E-state index in [0.717, 1.165) is 29.5 Å². The molecule has 3 heteroatoms. The van der Waals surface area contributed by atoms with E-state index in [0.29, 0.717) is 11.5 Å². The molecule has 0 aromatic heterocycles. The van der Waals surface area contributed by atoms with Gasteiger partial charge in [0.1, 0.15) is 6.10 Å². The van der Waals surface area contributed by atoms with Crippen LogP contribution in [0.4, 0.5) is 0 Å². The maximum atomic E-state index is 10.6. The van der Waals surface area contributed by atoms with Gasteiger partial charge in [0, 0.05) is 0 Å². The highest BCUT2D eigenvalue weighted by molar-refractivity contribution is 5.69. The van der Waals surface area contributed by atoms with E-state index in [9.17, 15) is 5.11 Å². The van der Waals surface area contributed by atoms with Crippen molar-refractivity contribution in [3.05, 3.63) is 28.8 Å². The number of benzene rings is 1. The number of fused-ring (bicyclic) bond motifs is 1. The first-order valence-electron chi connectivity index (χ1n) is 9.85. The summed E-state index contributed by atoms with van der Waals surface area (Å²) in [5.41, 5.74) is 3.10. The van der Waals surface area contributed by atoms with Crippen molar-refractivity contribution >= 4 is 6.08 Å². The fourth-order valence-electron chi connectivity index (χ4n) is 3.60. The molecule has 1 aliphatic carbocycles. The highest BCUT2D eigenvalue weighted by Crippen LogP contribution is 2.42. The normalized spacial score (nSPS) is 15.8. The number of hydrogen-bond acceptors (Lipinski definition) is 3. The van der Waals surface area contributed by atoms with Crippen LogP contribution in [-0.2, 0) is 0 Å². The van der Waals surface area contributed by atoms with Crippen LogP contribution in [-0.4, -0.2) is 19.3 Å². The molecule has 140 valence electrons. The van der Waals surface area contributed by atoms with Crippen LogP contribution in [0.1, 0.15) is 88.4 Å². The molecule has 0 bridgehead atoms. The molecular formula is C22H34O3. The summed E-state index contributed by atoms with van der Waals surface area (Å²) in [6, 6.07) is 3.86. The number of aliphatic hydroxyl groups excluding tert-OH is 1. The van der Waals surface area contributed by atoms with E-state index >= 15 is 0 Å². The Morgan fingerprint density at radius 2 is 1.40 bits per heavy atom. The Morgan fingerprint density at radius 1 is 0.840 bits per heavy atom. The number of hydrogen-bond donors (Lipinski definition) is 1. The third kappa shape index (κ3) is 5.50. The van der Waals surface area contributed by atoms with Gasteiger partial charge in [-0.3, -0.25) is 0 Å². The number of aliphatic hydroxyl groups is 1. The average Bonchev–Trinajstić information content (AvgIpc) is 2.94. The summed E-state index contributed by atoms with van der Waals surface area (Å²) in [4.78, 5) is 0. The minimum absolute atomic E-state index is 0.496. The zero-order chi connectivity index (χ0) is 18.1. The van der Waals surface area contributed by atoms with E-state index in [4.69, 9.17) is 9.47 Å². The van der Waals surface area contributed by atoms with Gasteiger partial charge in [0.05, 0.1) is 14.2 Å². The maximum absolute atomic E-state index is 10.6. The minimum Gasteiger partial charge on any atom is -0.493 e. The van der Waals surface area contributed by atoms with Crippen LogP contribution in [0.2, 0.25) is 0 Å². The molecule has 1 atom stereocenters. The van der Waals surface area contributed by atoms with E-state index in [1.165, 1.54) is 51.4 Å². The Morgan fingerprint density at radius 3 is 2.00 bits per heavy atom. The molecule has 0 amide bonds. The van der Waals surface area contributed by atoms with E-state index in [2.05, 4.69) is 13.0 Å². The number of ether oxygens (including phenoxy) is 2. The summed E-state index contributed by atoms with van der Waals surface area (Å²) in [5, 5.41) is 10.6. The Kier molecular flexibility index (Phi) is 8.33. The fraction of sp³-hybridized carbons (Fsp3) is 0.636. The molecule has 3 nitrogen and oxygen atoms in total. The molecule has 1 aromatic carbocycles. The second kappa shape index (κ2) is 10.5. The molecule has 1 aliphatic rings. The van der Waals surface area contributed by atoms with Crippen LogP contribution in [0.15, 0.2) is 17.7 Å². The molecular weight excluding hydrogens is 312 g/mol. The maximum Gasteiger partial charge on any atom is 0.161 e. The third-order valence-electron chi connectivity index (χ3n) is 5.14. The van der Waals surface area contributed by atoms with E-state index in [1.807, 2.05) is 12.1 Å². The van der Waals surface area contributed by atoms with Gasteiger partial charge in [-0.05, 0) is 41.7 Å². The van der Waals surface area contributed by atoms with Crippen molar-refractivity contribution in [1.29, 1.82) is 0 Å². The lowest BCUT2D eigenvalue weighted by atomic mass is 10.0. The van der Waals surface area contributed by atoms with Gasteiger partial charge in [-0.2, -0.15) is 0 Å². The largest absolute Gasteiger partial charge is 0.493 e. The van der Waals surface area contributed by atoms with Gasteiger partial charge in [0.25, 0.3) is 0 Å². The van der Waals surface area contributed by atoms with Crippen molar-refractivity contribution in [2.45, 2.75) is 77.2 Å². The van der Waals surface area contributed by atoms with Crippen LogP contribution in [0, 0.1) is 0 Å². The molecule has 1 unspecified atom stereocenters. The molecule has 0 aliphatic heterocycles. The predicted molar refractivity (Wildman–Crippen MR) is 104 cm³/mol. The zero-order valence-corrected chi connectivity index (χ0v) is 16.1. The predicted octanol–water partition coefficient (Wildman–Crippen LogP) is 6.06. The molecule has 0 saturated carbocycles. The number of rotatable bonds is 12. The second-order valence-corrected chi connectivity index (χ2v) is 7.04. The molecule has 2 rings (SSSR count). The van der Waals surface area contributed by atoms with Gasteiger partial charge in [0.15, 0.2) is 11.5 Å². The summed E-state index contributed by atoms with van der Waals surface area (Å²) in [5.74, 6) is 1.40. The van der Waals surface area contributed by atoms with Gasteiger partial charge in [-0.1, -0.05) is 64.4 Å². The third-order valence-corrected chi connectivity index (χ3v) is 5.14. The molecule has 1 aromatic rings. The summed E-state index contributed by atoms with van der Waals surface area (Å²) < 4.78 is 10.7. The fourth-order valence-corrected chi connectivity index (χ4v) is 3.60. The van der Waals surface area contributed by atoms with E-state index in [1.54, 1.807) is 14.2 Å². The van der Waals surface area contributed by atoms with Crippen molar-refractivity contribution in [2.75, 3.05) is 14.2 Å². The Labute approximate surface area is 153 Å². The van der Waals surface area contributed by atoms with Gasteiger partial charge in [-0.15, -0.1) is 0 Å². The van der Waals surface area contributed by atoms with Crippen LogP contribution in [0.5, 0.6) is 11.5 Å². The zero-order valence-electron chi connectivity index (χ0n) is 16.1. The lowest BCUT2D eigenvalue weighted by Gasteiger charge is -2.13. The highest BCUT2D eigenvalue weighted by atomic mass is 16.5. The van der Waals surface area contributed by atoms with Crippen molar-refractivity contribution in [3.8, 4) is 11.5 Å². The lowest BCUT2D eigenvalue weighted by Crippen LogP contribution is -1.99. The molecule has 0 fully saturated rings. The van der Waals surface area contributed by atoms with Crippen LogP contribution >= 0.6 is 0 Å². The molecule has 0 saturated heterocycles. The average molecular weight is 347 g/mol. The van der Waals surface area contributed by atoms with Crippen LogP contribution in [0.3, 0.4) is 0 Å². The monoisotopic (exact) mass is 346 g/mol.